The topological polar surface area (TPSA) is 34.2 Å². The van der Waals surface area contributed by atoms with Crippen LogP contribution in [0.3, 0.4) is 0 Å². The van der Waals surface area contributed by atoms with E-state index in [1.807, 2.05) is 18.3 Å². The lowest BCUT2D eigenvalue weighted by atomic mass is 10.0. The number of rotatable bonds is 5. The van der Waals surface area contributed by atoms with Crippen LogP contribution in [-0.4, -0.2) is 18.6 Å². The molecule has 0 fully saturated rings. The Bertz CT molecular complexity index is 586. The lowest BCUT2D eigenvalue weighted by molar-refractivity contribution is 0.400. The molecular weight excluding hydrogens is 363 g/mol. The fourth-order valence-electron chi connectivity index (χ4n) is 2.24. The molecule has 20 heavy (non-hydrogen) atoms. The summed E-state index contributed by atoms with van der Waals surface area (Å²) in [6, 6.07) is 10.3. The van der Waals surface area contributed by atoms with Gasteiger partial charge >= 0.3 is 0 Å². The predicted octanol–water partition coefficient (Wildman–Crippen LogP) is 3.70. The molecule has 0 radical (unpaired) electrons. The van der Waals surface area contributed by atoms with Gasteiger partial charge in [-0.05, 0) is 59.3 Å². The van der Waals surface area contributed by atoms with Crippen LogP contribution in [0.1, 0.15) is 29.8 Å². The van der Waals surface area contributed by atoms with Crippen LogP contribution in [0.5, 0.6) is 5.75 Å². The number of hydrogen-bond donors (Lipinski definition) is 1. The highest BCUT2D eigenvalue weighted by molar-refractivity contribution is 14.1. The maximum atomic E-state index is 5.46. The first-order chi connectivity index (χ1) is 9.69. The van der Waals surface area contributed by atoms with Crippen molar-refractivity contribution in [1.82, 2.24) is 10.3 Å². The largest absolute Gasteiger partial charge is 0.495 e. The van der Waals surface area contributed by atoms with Gasteiger partial charge in [-0.25, -0.2) is 0 Å². The molecular formula is C16H19IN2O. The van der Waals surface area contributed by atoms with Crippen LogP contribution in [-0.2, 0) is 0 Å². The second kappa shape index (κ2) is 7.04. The lowest BCUT2D eigenvalue weighted by Crippen LogP contribution is -2.24. The minimum atomic E-state index is 0.0444. The molecule has 2 aromatic rings. The van der Waals surface area contributed by atoms with Crippen molar-refractivity contribution in [3.05, 3.63) is 56.9 Å². The summed E-state index contributed by atoms with van der Waals surface area (Å²) in [5.74, 6) is 0.816. The first-order valence-corrected chi connectivity index (χ1v) is 7.74. The fourth-order valence-corrected chi connectivity index (χ4v) is 2.91. The third-order valence-electron chi connectivity index (χ3n) is 3.23. The number of aromatic nitrogens is 1. The SMILES string of the molecule is CCNC(c1cccc(C)c1I)c1ncccc1OC. The Morgan fingerprint density at radius 3 is 2.80 bits per heavy atom. The van der Waals surface area contributed by atoms with E-state index in [1.165, 1.54) is 14.7 Å². The molecule has 1 aromatic carbocycles. The summed E-state index contributed by atoms with van der Waals surface area (Å²) < 4.78 is 6.73. The van der Waals surface area contributed by atoms with Gasteiger partial charge in [0.2, 0.25) is 0 Å². The second-order valence-electron chi connectivity index (χ2n) is 4.56. The van der Waals surface area contributed by atoms with Gasteiger partial charge < -0.3 is 10.1 Å². The zero-order valence-electron chi connectivity index (χ0n) is 12.0. The Labute approximate surface area is 133 Å². The Morgan fingerprint density at radius 1 is 1.30 bits per heavy atom. The van der Waals surface area contributed by atoms with Gasteiger partial charge in [0.1, 0.15) is 11.4 Å². The molecule has 0 amide bonds. The normalized spacial score (nSPS) is 12.2. The number of hydrogen-bond acceptors (Lipinski definition) is 3. The summed E-state index contributed by atoms with van der Waals surface area (Å²) in [6.07, 6.45) is 1.81. The Hall–Kier alpha value is -1.14. The van der Waals surface area contributed by atoms with Crippen molar-refractivity contribution in [2.24, 2.45) is 0 Å². The van der Waals surface area contributed by atoms with E-state index >= 15 is 0 Å². The van der Waals surface area contributed by atoms with Crippen molar-refractivity contribution in [2.75, 3.05) is 13.7 Å². The maximum Gasteiger partial charge on any atom is 0.142 e. The molecule has 2 rings (SSSR count). The van der Waals surface area contributed by atoms with E-state index in [4.69, 9.17) is 4.74 Å². The monoisotopic (exact) mass is 382 g/mol. The van der Waals surface area contributed by atoms with Gasteiger partial charge in [0.05, 0.1) is 13.2 Å². The number of aryl methyl sites for hydroxylation is 1. The highest BCUT2D eigenvalue weighted by Crippen LogP contribution is 2.31. The molecule has 0 saturated heterocycles. The molecule has 1 aromatic heterocycles. The zero-order valence-corrected chi connectivity index (χ0v) is 14.1. The van der Waals surface area contributed by atoms with Crippen molar-refractivity contribution >= 4 is 22.6 Å². The van der Waals surface area contributed by atoms with Gasteiger partial charge in [-0.1, -0.05) is 25.1 Å². The molecule has 4 heteroatoms. The standard InChI is InChI=1S/C16H19IN2O/c1-4-18-15(12-8-5-7-11(2)14(12)17)16-13(20-3)9-6-10-19-16/h5-10,15,18H,4H2,1-3H3. The highest BCUT2D eigenvalue weighted by atomic mass is 127. The highest BCUT2D eigenvalue weighted by Gasteiger charge is 2.21. The quantitative estimate of drug-likeness (QED) is 0.801. The van der Waals surface area contributed by atoms with Crippen LogP contribution in [0, 0.1) is 10.5 Å². The molecule has 0 aliphatic rings. The van der Waals surface area contributed by atoms with Gasteiger partial charge in [-0.15, -0.1) is 0 Å². The average Bonchev–Trinajstić information content (AvgIpc) is 2.48. The van der Waals surface area contributed by atoms with Crippen LogP contribution in [0.2, 0.25) is 0 Å². The van der Waals surface area contributed by atoms with Crippen LogP contribution in [0.4, 0.5) is 0 Å². The number of pyridine rings is 1. The first-order valence-electron chi connectivity index (χ1n) is 6.66. The van der Waals surface area contributed by atoms with Gasteiger partial charge in [0.25, 0.3) is 0 Å². The van der Waals surface area contributed by atoms with E-state index in [9.17, 15) is 0 Å². The number of halogens is 1. The van der Waals surface area contributed by atoms with E-state index in [0.717, 1.165) is 18.0 Å². The summed E-state index contributed by atoms with van der Waals surface area (Å²) in [4.78, 5) is 4.52. The molecule has 1 atom stereocenters. The summed E-state index contributed by atoms with van der Waals surface area (Å²) in [5, 5.41) is 3.51. The molecule has 0 aliphatic carbocycles. The molecule has 106 valence electrons. The van der Waals surface area contributed by atoms with E-state index in [0.29, 0.717) is 0 Å². The van der Waals surface area contributed by atoms with Gasteiger partial charge in [0, 0.05) is 9.77 Å². The maximum absolute atomic E-state index is 5.46. The molecule has 0 spiro atoms. The molecule has 0 aliphatic heterocycles. The minimum absolute atomic E-state index is 0.0444. The van der Waals surface area contributed by atoms with Gasteiger partial charge in [0.15, 0.2) is 0 Å². The molecule has 1 unspecified atom stereocenters. The van der Waals surface area contributed by atoms with Crippen LogP contribution < -0.4 is 10.1 Å². The number of ether oxygens (including phenoxy) is 1. The zero-order chi connectivity index (χ0) is 14.5. The van der Waals surface area contributed by atoms with Crippen molar-refractivity contribution in [2.45, 2.75) is 19.9 Å². The van der Waals surface area contributed by atoms with E-state index in [1.54, 1.807) is 7.11 Å². The van der Waals surface area contributed by atoms with Crippen LogP contribution in [0.25, 0.3) is 0 Å². The lowest BCUT2D eigenvalue weighted by Gasteiger charge is -2.22. The molecule has 0 bridgehead atoms. The average molecular weight is 382 g/mol. The summed E-state index contributed by atoms with van der Waals surface area (Å²) in [7, 11) is 1.69. The minimum Gasteiger partial charge on any atom is -0.495 e. The summed E-state index contributed by atoms with van der Waals surface area (Å²) in [5.41, 5.74) is 3.45. The van der Waals surface area contributed by atoms with E-state index in [2.05, 4.69) is 64.9 Å². The number of benzene rings is 1. The fraction of sp³-hybridized carbons (Fsp3) is 0.312. The van der Waals surface area contributed by atoms with Crippen molar-refractivity contribution in [3.63, 3.8) is 0 Å². The third kappa shape index (κ3) is 3.12. The summed E-state index contributed by atoms with van der Waals surface area (Å²) >= 11 is 2.40. The van der Waals surface area contributed by atoms with Crippen molar-refractivity contribution in [1.29, 1.82) is 0 Å². The van der Waals surface area contributed by atoms with E-state index in [-0.39, 0.29) is 6.04 Å². The van der Waals surface area contributed by atoms with Crippen molar-refractivity contribution in [3.8, 4) is 5.75 Å². The van der Waals surface area contributed by atoms with Crippen LogP contribution >= 0.6 is 22.6 Å². The Kier molecular flexibility index (Phi) is 5.37. The number of nitrogens with one attached hydrogen (secondary N) is 1. The van der Waals surface area contributed by atoms with Crippen molar-refractivity contribution < 1.29 is 4.74 Å². The van der Waals surface area contributed by atoms with E-state index < -0.39 is 0 Å². The third-order valence-corrected chi connectivity index (χ3v) is 4.71. The van der Waals surface area contributed by atoms with Gasteiger partial charge in [-0.3, -0.25) is 4.98 Å². The van der Waals surface area contributed by atoms with Crippen LogP contribution in [0.15, 0.2) is 36.5 Å². The Balaban J connectivity index is 2.53. The molecule has 1 heterocycles. The molecule has 0 saturated carbocycles. The predicted molar refractivity (Wildman–Crippen MR) is 90.2 cm³/mol. The number of methoxy groups -OCH3 is 1. The summed E-state index contributed by atoms with van der Waals surface area (Å²) in [6.45, 7) is 5.10. The second-order valence-corrected chi connectivity index (χ2v) is 5.64. The number of nitrogens with zero attached hydrogens (tertiary/aromatic N) is 1. The Morgan fingerprint density at radius 2 is 2.10 bits per heavy atom. The smallest absolute Gasteiger partial charge is 0.142 e. The first kappa shape index (κ1) is 15.3. The van der Waals surface area contributed by atoms with Gasteiger partial charge in [-0.2, -0.15) is 0 Å². The molecule has 1 N–H and O–H groups in total. The molecule has 3 nitrogen and oxygen atoms in total.